The van der Waals surface area contributed by atoms with Gasteiger partial charge in [-0.05, 0) is 48.4 Å². The first-order valence-corrected chi connectivity index (χ1v) is 4.28. The van der Waals surface area contributed by atoms with Crippen LogP contribution in [0.5, 0.6) is 0 Å². The summed E-state index contributed by atoms with van der Waals surface area (Å²) in [6, 6.07) is 3.30. The maximum atomic E-state index is 10.2. The molecule has 74 valence electrons. The summed E-state index contributed by atoms with van der Waals surface area (Å²) in [7, 11) is 0. The fraction of sp³-hybridized carbons (Fsp3) is 0.100. The molecule has 0 spiro atoms. The van der Waals surface area contributed by atoms with E-state index in [1.807, 2.05) is 0 Å². The normalized spacial score (nSPS) is 12.3. The van der Waals surface area contributed by atoms with E-state index in [9.17, 15) is 9.90 Å². The van der Waals surface area contributed by atoms with Gasteiger partial charge in [-0.15, -0.1) is 0 Å². The number of carbonyl (C=O) groups excluding carboxylic acids is 1. The van der Waals surface area contributed by atoms with Gasteiger partial charge in [0.15, 0.2) is 5.22 Å². The number of halogens is 1. The molecule has 4 heteroatoms. The minimum atomic E-state index is -1.22. The minimum absolute atomic E-state index is 0.297. The Balaban J connectivity index is 2.69. The molecule has 1 heterocycles. The van der Waals surface area contributed by atoms with E-state index in [-0.39, 0.29) is 0 Å². The van der Waals surface area contributed by atoms with E-state index in [2.05, 4.69) is 0 Å². The molecule has 0 atom stereocenters. The van der Waals surface area contributed by atoms with Gasteiger partial charge in [0.2, 0.25) is 0 Å². The summed E-state index contributed by atoms with van der Waals surface area (Å²) < 4.78 is 5.03. The van der Waals surface area contributed by atoms with Crippen LogP contribution in [0.1, 0.15) is 12.7 Å². The molecule has 1 aromatic rings. The molecule has 0 aromatic carbocycles. The topological polar surface area (TPSA) is 53.3 Å². The van der Waals surface area contributed by atoms with Crippen molar-refractivity contribution >= 4 is 23.6 Å². The van der Waals surface area contributed by atoms with Crippen molar-refractivity contribution in [3.63, 3.8) is 0 Å². The van der Waals surface area contributed by atoms with Crippen molar-refractivity contribution in [3.05, 3.63) is 40.8 Å². The lowest BCUT2D eigenvalue weighted by atomic mass is 10.2. The van der Waals surface area contributed by atoms with Crippen LogP contribution in [0.4, 0.5) is 0 Å². The predicted molar refractivity (Wildman–Crippen MR) is 51.5 cm³/mol. The highest BCUT2D eigenvalue weighted by Gasteiger charge is 1.93. The molecule has 0 N–H and O–H groups in total. The Hall–Kier alpha value is -1.48. The zero-order chi connectivity index (χ0) is 10.6. The van der Waals surface area contributed by atoms with E-state index < -0.39 is 5.97 Å². The van der Waals surface area contributed by atoms with Gasteiger partial charge >= 0.3 is 0 Å². The molecule has 0 aliphatic rings. The second-order valence-electron chi connectivity index (χ2n) is 2.68. The van der Waals surface area contributed by atoms with Gasteiger partial charge in [-0.1, -0.05) is 6.08 Å². The van der Waals surface area contributed by atoms with E-state index in [0.717, 1.165) is 6.08 Å². The molecule has 0 fully saturated rings. The fourth-order valence-corrected chi connectivity index (χ4v) is 1.02. The fourth-order valence-electron chi connectivity index (χ4n) is 0.865. The Labute approximate surface area is 86.3 Å². The summed E-state index contributed by atoms with van der Waals surface area (Å²) in [6.45, 7) is 1.65. The van der Waals surface area contributed by atoms with Crippen LogP contribution >= 0.6 is 11.6 Å². The highest BCUT2D eigenvalue weighted by molar-refractivity contribution is 6.28. The zero-order valence-corrected chi connectivity index (χ0v) is 8.25. The van der Waals surface area contributed by atoms with Crippen molar-refractivity contribution in [3.8, 4) is 0 Å². The number of rotatable bonds is 3. The second-order valence-corrected chi connectivity index (χ2v) is 3.06. The number of allylic oxidation sites excluding steroid dienone is 2. The maximum Gasteiger partial charge on any atom is 0.193 e. The number of furan rings is 1. The Morgan fingerprint density at radius 2 is 2.29 bits per heavy atom. The van der Waals surface area contributed by atoms with E-state index in [4.69, 9.17) is 16.0 Å². The molecule has 14 heavy (non-hydrogen) atoms. The van der Waals surface area contributed by atoms with Gasteiger partial charge in [0.05, 0.1) is 5.97 Å². The molecule has 0 aliphatic heterocycles. The van der Waals surface area contributed by atoms with E-state index in [1.54, 1.807) is 31.2 Å². The zero-order valence-electron chi connectivity index (χ0n) is 7.49. The lowest BCUT2D eigenvalue weighted by molar-refractivity contribution is -0.297. The molecule has 3 nitrogen and oxygen atoms in total. The first-order valence-electron chi connectivity index (χ1n) is 3.90. The number of aliphatic carboxylic acids is 1. The largest absolute Gasteiger partial charge is 0.545 e. The van der Waals surface area contributed by atoms with Crippen molar-refractivity contribution in [1.82, 2.24) is 0 Å². The summed E-state index contributed by atoms with van der Waals surface area (Å²) in [5.41, 5.74) is 0.567. The van der Waals surface area contributed by atoms with Crippen LogP contribution in [0.2, 0.25) is 5.22 Å². The monoisotopic (exact) mass is 211 g/mol. The minimum Gasteiger partial charge on any atom is -0.545 e. The third kappa shape index (κ3) is 3.49. The van der Waals surface area contributed by atoms with Crippen LogP contribution in [0.15, 0.2) is 34.3 Å². The van der Waals surface area contributed by atoms with Crippen LogP contribution in [0, 0.1) is 0 Å². The third-order valence-corrected chi connectivity index (χ3v) is 1.65. The number of carbonyl (C=O) groups is 1. The van der Waals surface area contributed by atoms with E-state index in [0.29, 0.717) is 16.6 Å². The van der Waals surface area contributed by atoms with Crippen LogP contribution in [0.3, 0.4) is 0 Å². The van der Waals surface area contributed by atoms with Gasteiger partial charge in [0.25, 0.3) is 0 Å². The molecular weight excluding hydrogens is 204 g/mol. The van der Waals surface area contributed by atoms with Crippen LogP contribution in [-0.4, -0.2) is 5.97 Å². The van der Waals surface area contributed by atoms with Crippen molar-refractivity contribution < 1.29 is 14.3 Å². The van der Waals surface area contributed by atoms with Gasteiger partial charge in [0.1, 0.15) is 5.76 Å². The van der Waals surface area contributed by atoms with E-state index >= 15 is 0 Å². The summed E-state index contributed by atoms with van der Waals surface area (Å²) in [5, 5.41) is 10.5. The summed E-state index contributed by atoms with van der Waals surface area (Å²) in [4.78, 5) is 10.2. The van der Waals surface area contributed by atoms with Crippen LogP contribution in [-0.2, 0) is 4.79 Å². The average molecular weight is 212 g/mol. The smallest absolute Gasteiger partial charge is 0.193 e. The van der Waals surface area contributed by atoms with Crippen LogP contribution in [0.25, 0.3) is 6.08 Å². The summed E-state index contributed by atoms with van der Waals surface area (Å²) in [6.07, 6.45) is 4.23. The Morgan fingerprint density at radius 3 is 2.79 bits per heavy atom. The first kappa shape index (κ1) is 10.6. The summed E-state index contributed by atoms with van der Waals surface area (Å²) >= 11 is 5.54. The highest BCUT2D eigenvalue weighted by atomic mass is 35.5. The quantitative estimate of drug-likeness (QED) is 0.564. The number of carboxylic acids is 1. The average Bonchev–Trinajstić information content (AvgIpc) is 2.47. The van der Waals surface area contributed by atoms with Crippen molar-refractivity contribution in [1.29, 1.82) is 0 Å². The molecule has 0 aliphatic carbocycles. The van der Waals surface area contributed by atoms with Gasteiger partial charge < -0.3 is 14.3 Å². The molecule has 0 unspecified atom stereocenters. The van der Waals surface area contributed by atoms with Gasteiger partial charge in [0, 0.05) is 0 Å². The molecule has 1 aromatic heterocycles. The first-order chi connectivity index (χ1) is 6.58. The molecule has 0 saturated carbocycles. The van der Waals surface area contributed by atoms with Crippen molar-refractivity contribution in [2.75, 3.05) is 0 Å². The lowest BCUT2D eigenvalue weighted by Crippen LogP contribution is -2.19. The van der Waals surface area contributed by atoms with Gasteiger partial charge in [-0.25, -0.2) is 0 Å². The standard InChI is InChI=1S/C10H9ClO3/c1-7(6-10(12)13)2-3-8-4-5-9(11)14-8/h2-6H,1H3,(H,12,13)/p-1/b3-2+,7-6?. The maximum absolute atomic E-state index is 10.2. The Morgan fingerprint density at radius 1 is 1.57 bits per heavy atom. The van der Waals surface area contributed by atoms with Gasteiger partial charge in [-0.2, -0.15) is 0 Å². The van der Waals surface area contributed by atoms with Gasteiger partial charge in [-0.3, -0.25) is 0 Å². The number of hydrogen-bond donors (Lipinski definition) is 0. The van der Waals surface area contributed by atoms with Crippen molar-refractivity contribution in [2.24, 2.45) is 0 Å². The highest BCUT2D eigenvalue weighted by Crippen LogP contribution is 2.14. The Kier molecular flexibility index (Phi) is 3.54. The van der Waals surface area contributed by atoms with Crippen molar-refractivity contribution in [2.45, 2.75) is 6.92 Å². The Bertz CT molecular complexity index is 388. The van der Waals surface area contributed by atoms with E-state index in [1.165, 1.54) is 0 Å². The third-order valence-electron chi connectivity index (χ3n) is 1.45. The molecule has 0 saturated heterocycles. The molecule has 0 bridgehead atoms. The molecule has 0 radical (unpaired) electrons. The molecule has 0 amide bonds. The second kappa shape index (κ2) is 4.67. The number of carboxylic acid groups (broad SMARTS) is 1. The number of hydrogen-bond acceptors (Lipinski definition) is 3. The SMILES string of the molecule is CC(=CC(=O)[O-])/C=C/c1ccc(Cl)o1. The molecular formula is C10H8ClO3-. The van der Waals surface area contributed by atoms with Crippen LogP contribution < -0.4 is 5.11 Å². The molecule has 1 rings (SSSR count). The lowest BCUT2D eigenvalue weighted by Gasteiger charge is -1.93. The predicted octanol–water partition coefficient (Wildman–Crippen LogP) is 1.64. The summed E-state index contributed by atoms with van der Waals surface area (Å²) in [5.74, 6) is -0.647.